The maximum atomic E-state index is 12.2. The lowest BCUT2D eigenvalue weighted by atomic mass is 10.1. The molecule has 0 bridgehead atoms. The fourth-order valence-corrected chi connectivity index (χ4v) is 5.82. The van der Waals surface area contributed by atoms with Gasteiger partial charge in [0.25, 0.3) is 0 Å². The van der Waals surface area contributed by atoms with E-state index in [-0.39, 0.29) is 11.7 Å². The minimum absolute atomic E-state index is 0.0747. The van der Waals surface area contributed by atoms with Crippen molar-refractivity contribution >= 4 is 57.2 Å². The number of benzene rings is 3. The SMILES string of the molecule is CCOc1ccc(NC(=O)CSc2nnc(SCc3cccc4ccccc34)s2)cc1. The Morgan fingerprint density at radius 1 is 0.968 bits per heavy atom. The molecule has 0 aliphatic carbocycles. The molecule has 5 nitrogen and oxygen atoms in total. The van der Waals surface area contributed by atoms with Gasteiger partial charge < -0.3 is 10.1 Å². The van der Waals surface area contributed by atoms with Gasteiger partial charge in [-0.2, -0.15) is 0 Å². The van der Waals surface area contributed by atoms with Crippen LogP contribution in [0, 0.1) is 0 Å². The molecule has 8 heteroatoms. The molecule has 1 aromatic heterocycles. The van der Waals surface area contributed by atoms with Crippen molar-refractivity contribution < 1.29 is 9.53 Å². The third-order valence-corrected chi connectivity index (χ3v) is 7.63. The number of aromatic nitrogens is 2. The van der Waals surface area contributed by atoms with E-state index in [4.69, 9.17) is 4.74 Å². The first kappa shape index (κ1) is 21.7. The molecule has 0 spiro atoms. The number of carbonyl (C=O) groups excluding carboxylic acids is 1. The van der Waals surface area contributed by atoms with Crippen LogP contribution in [-0.2, 0) is 10.5 Å². The predicted molar refractivity (Wildman–Crippen MR) is 130 cm³/mol. The highest BCUT2D eigenvalue weighted by molar-refractivity contribution is 8.03. The molecular formula is C23H21N3O2S3. The van der Waals surface area contributed by atoms with E-state index < -0.39 is 0 Å². The third kappa shape index (κ3) is 6.00. The molecule has 4 aromatic rings. The molecule has 0 saturated carbocycles. The van der Waals surface area contributed by atoms with Crippen LogP contribution in [0.1, 0.15) is 12.5 Å². The molecule has 0 aliphatic heterocycles. The third-order valence-electron chi connectivity index (χ3n) is 4.39. The summed E-state index contributed by atoms with van der Waals surface area (Å²) in [5.41, 5.74) is 2.03. The van der Waals surface area contributed by atoms with E-state index >= 15 is 0 Å². The molecule has 0 aliphatic rings. The van der Waals surface area contributed by atoms with Gasteiger partial charge >= 0.3 is 0 Å². The molecule has 4 rings (SSSR count). The smallest absolute Gasteiger partial charge is 0.234 e. The Hall–Kier alpha value is -2.55. The molecule has 1 N–H and O–H groups in total. The summed E-state index contributed by atoms with van der Waals surface area (Å²) in [7, 11) is 0. The molecule has 0 atom stereocenters. The van der Waals surface area contributed by atoms with Gasteiger partial charge in [-0.25, -0.2) is 0 Å². The van der Waals surface area contributed by atoms with Crippen LogP contribution in [0.3, 0.4) is 0 Å². The van der Waals surface area contributed by atoms with Gasteiger partial charge in [0.05, 0.1) is 12.4 Å². The van der Waals surface area contributed by atoms with Crippen LogP contribution >= 0.6 is 34.9 Å². The summed E-state index contributed by atoms with van der Waals surface area (Å²) in [6, 6.07) is 22.1. The van der Waals surface area contributed by atoms with Gasteiger partial charge in [0.2, 0.25) is 5.91 Å². The topological polar surface area (TPSA) is 64.1 Å². The normalized spacial score (nSPS) is 10.9. The summed E-state index contributed by atoms with van der Waals surface area (Å²) in [4.78, 5) is 12.2. The quantitative estimate of drug-likeness (QED) is 0.300. The number of hydrogen-bond acceptors (Lipinski definition) is 7. The zero-order valence-electron chi connectivity index (χ0n) is 16.9. The summed E-state index contributed by atoms with van der Waals surface area (Å²) in [6.45, 7) is 2.56. The number of anilines is 1. The van der Waals surface area contributed by atoms with E-state index in [1.807, 2.05) is 31.2 Å². The van der Waals surface area contributed by atoms with Crippen LogP contribution in [0.4, 0.5) is 5.69 Å². The first-order valence-corrected chi connectivity index (χ1v) is 12.6. The van der Waals surface area contributed by atoms with Gasteiger partial charge in [-0.15, -0.1) is 10.2 Å². The lowest BCUT2D eigenvalue weighted by Gasteiger charge is -2.06. The number of hydrogen-bond donors (Lipinski definition) is 1. The number of rotatable bonds is 9. The average Bonchev–Trinajstić information content (AvgIpc) is 3.26. The lowest BCUT2D eigenvalue weighted by molar-refractivity contribution is -0.113. The van der Waals surface area contributed by atoms with Crippen LogP contribution in [0.5, 0.6) is 5.75 Å². The zero-order chi connectivity index (χ0) is 21.5. The van der Waals surface area contributed by atoms with Crippen LogP contribution in [0.2, 0.25) is 0 Å². The van der Waals surface area contributed by atoms with Crippen molar-refractivity contribution in [1.82, 2.24) is 10.2 Å². The Morgan fingerprint density at radius 3 is 2.52 bits per heavy atom. The number of amides is 1. The maximum Gasteiger partial charge on any atom is 0.234 e. The fraction of sp³-hybridized carbons (Fsp3) is 0.174. The van der Waals surface area contributed by atoms with E-state index in [2.05, 4.69) is 58.0 Å². The second-order valence-corrected chi connectivity index (χ2v) is 9.98. The number of ether oxygens (including phenoxy) is 1. The van der Waals surface area contributed by atoms with Gasteiger partial charge in [0, 0.05) is 11.4 Å². The Bertz CT molecular complexity index is 1160. The highest BCUT2D eigenvalue weighted by atomic mass is 32.2. The predicted octanol–water partition coefficient (Wildman–Crippen LogP) is 6.11. The Labute approximate surface area is 193 Å². The van der Waals surface area contributed by atoms with Crippen molar-refractivity contribution in [3.63, 3.8) is 0 Å². The van der Waals surface area contributed by atoms with Crippen molar-refractivity contribution in [2.45, 2.75) is 21.4 Å². The van der Waals surface area contributed by atoms with E-state index in [0.717, 1.165) is 25.9 Å². The highest BCUT2D eigenvalue weighted by Gasteiger charge is 2.10. The molecule has 158 valence electrons. The zero-order valence-corrected chi connectivity index (χ0v) is 19.4. The first-order chi connectivity index (χ1) is 15.2. The van der Waals surface area contributed by atoms with Gasteiger partial charge in [0.15, 0.2) is 8.68 Å². The fourth-order valence-electron chi connectivity index (χ4n) is 3.00. The van der Waals surface area contributed by atoms with Crippen LogP contribution in [0.25, 0.3) is 10.8 Å². The second-order valence-electron chi connectivity index (χ2n) is 6.56. The average molecular weight is 468 g/mol. The minimum atomic E-state index is -0.0747. The highest BCUT2D eigenvalue weighted by Crippen LogP contribution is 2.32. The van der Waals surface area contributed by atoms with Crippen molar-refractivity contribution in [3.8, 4) is 5.75 Å². The summed E-state index contributed by atoms with van der Waals surface area (Å²) in [5, 5.41) is 13.9. The van der Waals surface area contributed by atoms with Gasteiger partial charge in [0.1, 0.15) is 5.75 Å². The lowest BCUT2D eigenvalue weighted by Crippen LogP contribution is -2.13. The van der Waals surface area contributed by atoms with Crippen LogP contribution in [-0.4, -0.2) is 28.5 Å². The molecular weight excluding hydrogens is 446 g/mol. The van der Waals surface area contributed by atoms with E-state index in [1.54, 1.807) is 11.8 Å². The molecule has 1 heterocycles. The summed E-state index contributed by atoms with van der Waals surface area (Å²) in [6.07, 6.45) is 0. The molecule has 31 heavy (non-hydrogen) atoms. The van der Waals surface area contributed by atoms with E-state index in [9.17, 15) is 4.79 Å². The molecule has 3 aromatic carbocycles. The Kier molecular flexibility index (Phi) is 7.45. The molecule has 0 saturated heterocycles. The van der Waals surface area contributed by atoms with Crippen LogP contribution < -0.4 is 10.1 Å². The second kappa shape index (κ2) is 10.7. The van der Waals surface area contributed by atoms with Crippen molar-refractivity contribution in [3.05, 3.63) is 72.3 Å². The van der Waals surface area contributed by atoms with Crippen LogP contribution in [0.15, 0.2) is 75.4 Å². The summed E-state index contributed by atoms with van der Waals surface area (Å²) in [5.74, 6) is 1.83. The minimum Gasteiger partial charge on any atom is -0.494 e. The van der Waals surface area contributed by atoms with Crippen molar-refractivity contribution in [1.29, 1.82) is 0 Å². The number of carbonyl (C=O) groups is 1. The molecule has 0 radical (unpaired) electrons. The first-order valence-electron chi connectivity index (χ1n) is 9.79. The largest absolute Gasteiger partial charge is 0.494 e. The summed E-state index contributed by atoms with van der Waals surface area (Å²) < 4.78 is 7.11. The van der Waals surface area contributed by atoms with Crippen molar-refractivity contribution in [2.24, 2.45) is 0 Å². The number of nitrogens with zero attached hydrogens (tertiary/aromatic N) is 2. The number of nitrogens with one attached hydrogen (secondary N) is 1. The van der Waals surface area contributed by atoms with Gasteiger partial charge in [-0.1, -0.05) is 77.3 Å². The molecule has 1 amide bonds. The maximum absolute atomic E-state index is 12.2. The number of thioether (sulfide) groups is 2. The Balaban J connectivity index is 1.27. The van der Waals surface area contributed by atoms with Gasteiger partial charge in [-0.05, 0) is 47.5 Å². The monoisotopic (exact) mass is 467 g/mol. The van der Waals surface area contributed by atoms with Crippen molar-refractivity contribution in [2.75, 3.05) is 17.7 Å². The molecule has 0 fully saturated rings. The van der Waals surface area contributed by atoms with E-state index in [1.165, 1.54) is 39.4 Å². The number of fused-ring (bicyclic) bond motifs is 1. The summed E-state index contributed by atoms with van der Waals surface area (Å²) >= 11 is 4.59. The standard InChI is InChI=1S/C23H21N3O2S3/c1-2-28-19-12-10-18(11-13-19)24-21(27)15-30-23-26-25-22(31-23)29-14-17-8-5-7-16-6-3-4-9-20(16)17/h3-13H,2,14-15H2,1H3,(H,24,27). The van der Waals surface area contributed by atoms with E-state index in [0.29, 0.717) is 6.61 Å². The molecule has 0 unspecified atom stereocenters. The van der Waals surface area contributed by atoms with Gasteiger partial charge in [-0.3, -0.25) is 4.79 Å². The Morgan fingerprint density at radius 2 is 1.71 bits per heavy atom.